The maximum absolute atomic E-state index is 13.0. The molecule has 0 aliphatic carbocycles. The van der Waals surface area contributed by atoms with Crippen LogP contribution in [0.15, 0.2) is 65.7 Å². The van der Waals surface area contributed by atoms with E-state index in [1.54, 1.807) is 18.3 Å². The molecular formula is C22H23N3O4S. The van der Waals surface area contributed by atoms with Crippen molar-refractivity contribution in [1.29, 1.82) is 0 Å². The van der Waals surface area contributed by atoms with Crippen molar-refractivity contribution in [2.45, 2.75) is 17.7 Å². The summed E-state index contributed by atoms with van der Waals surface area (Å²) in [5, 5.41) is 3.82. The van der Waals surface area contributed by atoms with E-state index in [2.05, 4.69) is 10.3 Å². The van der Waals surface area contributed by atoms with Crippen LogP contribution in [-0.4, -0.2) is 43.8 Å². The molecule has 0 bridgehead atoms. The topological polar surface area (TPSA) is 88.6 Å². The second kappa shape index (κ2) is 8.41. The lowest BCUT2D eigenvalue weighted by molar-refractivity contribution is -0.120. The molecule has 0 saturated carbocycles. The number of amides is 1. The molecule has 8 heteroatoms. The molecule has 0 radical (unpaired) electrons. The van der Waals surface area contributed by atoms with Crippen LogP contribution in [0.3, 0.4) is 0 Å². The third-order valence-corrected chi connectivity index (χ3v) is 7.24. The number of nitrogens with one attached hydrogen (secondary N) is 1. The highest BCUT2D eigenvalue weighted by Crippen LogP contribution is 2.27. The van der Waals surface area contributed by atoms with Gasteiger partial charge in [-0.15, -0.1) is 0 Å². The molecule has 1 aliphatic heterocycles. The minimum atomic E-state index is -3.67. The van der Waals surface area contributed by atoms with E-state index in [9.17, 15) is 13.2 Å². The van der Waals surface area contributed by atoms with E-state index in [0.717, 1.165) is 10.9 Å². The summed E-state index contributed by atoms with van der Waals surface area (Å²) in [4.78, 5) is 17.4. The number of nitrogens with zero attached hydrogens (tertiary/aromatic N) is 2. The van der Waals surface area contributed by atoms with Crippen molar-refractivity contribution in [3.63, 3.8) is 0 Å². The average molecular weight is 426 g/mol. The fourth-order valence-electron chi connectivity index (χ4n) is 3.72. The van der Waals surface area contributed by atoms with Gasteiger partial charge in [0.25, 0.3) is 0 Å². The van der Waals surface area contributed by atoms with E-state index in [-0.39, 0.29) is 17.3 Å². The molecule has 0 unspecified atom stereocenters. The van der Waals surface area contributed by atoms with Gasteiger partial charge in [0.2, 0.25) is 15.9 Å². The van der Waals surface area contributed by atoms with Gasteiger partial charge in [0.15, 0.2) is 0 Å². The number of pyridine rings is 1. The lowest BCUT2D eigenvalue weighted by Gasteiger charge is -2.31. The number of hydrogen-bond donors (Lipinski definition) is 1. The molecule has 7 nitrogen and oxygen atoms in total. The maximum Gasteiger partial charge on any atom is 0.243 e. The van der Waals surface area contributed by atoms with E-state index in [4.69, 9.17) is 4.74 Å². The summed E-state index contributed by atoms with van der Waals surface area (Å²) in [5.41, 5.74) is 1.48. The number of carbonyl (C=O) groups is 1. The fourth-order valence-corrected chi connectivity index (χ4v) is 5.24. The molecule has 2 heterocycles. The highest BCUT2D eigenvalue weighted by atomic mass is 32.2. The number of methoxy groups -OCH3 is 1. The molecule has 1 aliphatic rings. The number of carbonyl (C=O) groups excluding carboxylic acids is 1. The summed E-state index contributed by atoms with van der Waals surface area (Å²) in [6, 6.07) is 15.6. The molecule has 1 saturated heterocycles. The number of aromatic nitrogens is 1. The second-order valence-electron chi connectivity index (χ2n) is 7.24. The predicted molar refractivity (Wildman–Crippen MR) is 115 cm³/mol. The maximum atomic E-state index is 13.0. The number of hydrogen-bond acceptors (Lipinski definition) is 5. The van der Waals surface area contributed by atoms with Crippen LogP contribution in [0, 0.1) is 5.92 Å². The van der Waals surface area contributed by atoms with Crippen LogP contribution >= 0.6 is 0 Å². The Morgan fingerprint density at radius 3 is 2.70 bits per heavy atom. The van der Waals surface area contributed by atoms with Crippen molar-refractivity contribution in [2.75, 3.05) is 25.5 Å². The molecule has 1 fully saturated rings. The molecule has 1 amide bonds. The molecule has 2 aromatic carbocycles. The SMILES string of the molecule is COc1ccc(S(=O)(=O)N2CCC[C@H](C(=O)Nc3cccc4ncccc34)C2)cc1. The number of rotatable bonds is 5. The Morgan fingerprint density at radius 2 is 1.93 bits per heavy atom. The summed E-state index contributed by atoms with van der Waals surface area (Å²) in [5.74, 6) is -0.00545. The number of anilines is 1. The second-order valence-corrected chi connectivity index (χ2v) is 9.18. The Bertz CT molecular complexity index is 1160. The number of piperidine rings is 1. The number of fused-ring (bicyclic) bond motifs is 1. The Labute approximate surface area is 175 Å². The molecule has 0 spiro atoms. The lowest BCUT2D eigenvalue weighted by Crippen LogP contribution is -2.43. The first kappa shape index (κ1) is 20.3. The Hall–Kier alpha value is -2.97. The first-order valence-corrected chi connectivity index (χ1v) is 11.2. The zero-order valence-corrected chi connectivity index (χ0v) is 17.4. The monoisotopic (exact) mass is 425 g/mol. The quantitative estimate of drug-likeness (QED) is 0.678. The Kier molecular flexibility index (Phi) is 5.69. The third-order valence-electron chi connectivity index (χ3n) is 5.36. The van der Waals surface area contributed by atoms with Crippen LogP contribution in [0.1, 0.15) is 12.8 Å². The standard InChI is InChI=1S/C22H23N3O4S/c1-29-17-9-11-18(12-10-17)30(27,28)25-14-4-5-16(15-25)22(26)24-21-8-2-7-20-19(21)6-3-13-23-20/h2-3,6-13,16H,4-5,14-15H2,1H3,(H,24,26)/t16-/m0/s1. The Morgan fingerprint density at radius 1 is 1.13 bits per heavy atom. The number of sulfonamides is 1. The highest BCUT2D eigenvalue weighted by Gasteiger charge is 2.33. The molecule has 1 atom stereocenters. The van der Waals surface area contributed by atoms with Crippen molar-refractivity contribution in [3.8, 4) is 5.75 Å². The van der Waals surface area contributed by atoms with E-state index >= 15 is 0 Å². The smallest absolute Gasteiger partial charge is 0.243 e. The van der Waals surface area contributed by atoms with Crippen LogP contribution in [0.4, 0.5) is 5.69 Å². The first-order valence-electron chi connectivity index (χ1n) is 9.78. The van der Waals surface area contributed by atoms with E-state index in [1.165, 1.54) is 23.5 Å². The largest absolute Gasteiger partial charge is 0.497 e. The lowest BCUT2D eigenvalue weighted by atomic mass is 9.98. The Balaban J connectivity index is 1.51. The normalized spacial score (nSPS) is 17.6. The summed E-state index contributed by atoms with van der Waals surface area (Å²) in [6.45, 7) is 0.555. The number of benzene rings is 2. The summed E-state index contributed by atoms with van der Waals surface area (Å²) in [6.07, 6.45) is 2.98. The zero-order valence-electron chi connectivity index (χ0n) is 16.6. The molecular weight excluding hydrogens is 402 g/mol. The van der Waals surface area contributed by atoms with Gasteiger partial charge in [0.1, 0.15) is 5.75 Å². The fraction of sp³-hybridized carbons (Fsp3) is 0.273. The van der Waals surface area contributed by atoms with Gasteiger partial charge in [-0.05, 0) is 61.4 Å². The minimum absolute atomic E-state index is 0.156. The van der Waals surface area contributed by atoms with Gasteiger partial charge in [0.05, 0.1) is 29.1 Å². The van der Waals surface area contributed by atoms with Gasteiger partial charge in [0, 0.05) is 24.7 Å². The predicted octanol–water partition coefficient (Wildman–Crippen LogP) is 3.28. The van der Waals surface area contributed by atoms with Crippen LogP contribution in [0.2, 0.25) is 0 Å². The zero-order chi connectivity index (χ0) is 21.1. The summed E-state index contributed by atoms with van der Waals surface area (Å²) >= 11 is 0. The van der Waals surface area contributed by atoms with Gasteiger partial charge in [-0.3, -0.25) is 9.78 Å². The molecule has 4 rings (SSSR count). The van der Waals surface area contributed by atoms with Crippen LogP contribution in [0.25, 0.3) is 10.9 Å². The van der Waals surface area contributed by atoms with Crippen molar-refractivity contribution >= 4 is 32.5 Å². The van der Waals surface area contributed by atoms with E-state index in [1.807, 2.05) is 30.3 Å². The summed E-state index contributed by atoms with van der Waals surface area (Å²) < 4.78 is 32.6. The molecule has 30 heavy (non-hydrogen) atoms. The highest BCUT2D eigenvalue weighted by molar-refractivity contribution is 7.89. The van der Waals surface area contributed by atoms with Gasteiger partial charge in [-0.25, -0.2) is 8.42 Å². The molecule has 3 aromatic rings. The molecule has 1 N–H and O–H groups in total. The van der Waals surface area contributed by atoms with Gasteiger partial charge < -0.3 is 10.1 Å². The first-order chi connectivity index (χ1) is 14.5. The van der Waals surface area contributed by atoms with Crippen molar-refractivity contribution in [2.24, 2.45) is 5.92 Å². The summed E-state index contributed by atoms with van der Waals surface area (Å²) in [7, 11) is -2.14. The average Bonchev–Trinajstić information content (AvgIpc) is 2.79. The van der Waals surface area contributed by atoms with Crippen molar-refractivity contribution in [3.05, 3.63) is 60.8 Å². The third kappa shape index (κ3) is 4.01. The number of ether oxygens (including phenoxy) is 1. The molecule has 1 aromatic heterocycles. The minimum Gasteiger partial charge on any atom is -0.497 e. The van der Waals surface area contributed by atoms with Crippen LogP contribution in [0.5, 0.6) is 5.75 Å². The van der Waals surface area contributed by atoms with Gasteiger partial charge in [-0.1, -0.05) is 6.07 Å². The van der Waals surface area contributed by atoms with Crippen LogP contribution in [-0.2, 0) is 14.8 Å². The van der Waals surface area contributed by atoms with E-state index in [0.29, 0.717) is 30.8 Å². The van der Waals surface area contributed by atoms with Gasteiger partial charge in [-0.2, -0.15) is 4.31 Å². The van der Waals surface area contributed by atoms with E-state index < -0.39 is 15.9 Å². The van der Waals surface area contributed by atoms with Gasteiger partial charge >= 0.3 is 0 Å². The van der Waals surface area contributed by atoms with Crippen molar-refractivity contribution < 1.29 is 17.9 Å². The molecule has 156 valence electrons. The van der Waals surface area contributed by atoms with Crippen molar-refractivity contribution in [1.82, 2.24) is 9.29 Å². The van der Waals surface area contributed by atoms with Crippen LogP contribution < -0.4 is 10.1 Å².